The van der Waals surface area contributed by atoms with E-state index >= 15 is 0 Å². The molecule has 38 heavy (non-hydrogen) atoms. The van der Waals surface area contributed by atoms with Crippen molar-refractivity contribution in [3.05, 3.63) is 36.4 Å². The second kappa shape index (κ2) is 15.7. The molecule has 0 saturated carbocycles. The highest BCUT2D eigenvalue weighted by atomic mass is 16.4. The van der Waals surface area contributed by atoms with Crippen molar-refractivity contribution in [3.8, 4) is 0 Å². The number of amides is 4. The molecule has 0 aliphatic carbocycles. The molecule has 4 amide bonds. The third-order valence-corrected chi connectivity index (χ3v) is 5.47. The van der Waals surface area contributed by atoms with Crippen molar-refractivity contribution in [2.75, 3.05) is 19.6 Å². The molecule has 16 nitrogen and oxygen atoms in total. The van der Waals surface area contributed by atoms with Crippen LogP contribution in [0, 0.1) is 0 Å². The van der Waals surface area contributed by atoms with E-state index in [0.717, 1.165) is 0 Å². The maximum atomic E-state index is 12.8. The molecule has 2 heterocycles. The molecule has 0 aliphatic rings. The molecule has 0 aliphatic heterocycles. The number of carboxylic acid groups (broad SMARTS) is 1. The fourth-order valence-electron chi connectivity index (χ4n) is 3.50. The van der Waals surface area contributed by atoms with E-state index in [0.29, 0.717) is 24.2 Å². The summed E-state index contributed by atoms with van der Waals surface area (Å²) in [6.07, 6.45) is 7.00. The van der Waals surface area contributed by atoms with Crippen LogP contribution in [0.15, 0.2) is 25.0 Å². The lowest BCUT2D eigenvalue weighted by atomic mass is 10.1. The summed E-state index contributed by atoms with van der Waals surface area (Å²) >= 11 is 0. The predicted octanol–water partition coefficient (Wildman–Crippen LogP) is -3.34. The van der Waals surface area contributed by atoms with Crippen molar-refractivity contribution in [2.45, 2.75) is 50.2 Å². The predicted molar refractivity (Wildman–Crippen MR) is 133 cm³/mol. The first-order valence-electron chi connectivity index (χ1n) is 12.0. The zero-order chi connectivity index (χ0) is 27.9. The van der Waals surface area contributed by atoms with Crippen molar-refractivity contribution in [2.24, 2.45) is 11.5 Å². The van der Waals surface area contributed by atoms with Gasteiger partial charge in [-0.25, -0.2) is 14.8 Å². The molecule has 0 bridgehead atoms. The van der Waals surface area contributed by atoms with Gasteiger partial charge in [0.05, 0.1) is 25.7 Å². The highest BCUT2D eigenvalue weighted by molar-refractivity contribution is 5.91. The fourth-order valence-corrected chi connectivity index (χ4v) is 3.50. The number of aliphatic carboxylic acids is 1. The molecule has 16 heteroatoms. The summed E-state index contributed by atoms with van der Waals surface area (Å²) in [7, 11) is 0. The lowest BCUT2D eigenvalue weighted by molar-refractivity contribution is -0.142. The average Bonchev–Trinajstić information content (AvgIpc) is 3.61. The number of nitrogens with two attached hydrogens (primary N) is 2. The number of hydrogen-bond donors (Lipinski definition) is 9. The molecule has 0 unspecified atom stereocenters. The number of imidazole rings is 2. The van der Waals surface area contributed by atoms with Gasteiger partial charge < -0.3 is 47.8 Å². The van der Waals surface area contributed by atoms with Gasteiger partial charge in [-0.1, -0.05) is 0 Å². The third kappa shape index (κ3) is 10.4. The van der Waals surface area contributed by atoms with Gasteiger partial charge in [0.1, 0.15) is 18.1 Å². The number of carboxylic acids is 1. The number of aromatic amines is 2. The highest BCUT2D eigenvalue weighted by Gasteiger charge is 2.27. The summed E-state index contributed by atoms with van der Waals surface area (Å²) in [6, 6.07) is -3.13. The van der Waals surface area contributed by atoms with Crippen LogP contribution in [0.3, 0.4) is 0 Å². The lowest BCUT2D eigenvalue weighted by Gasteiger charge is -2.21. The van der Waals surface area contributed by atoms with Crippen LogP contribution in [0.25, 0.3) is 0 Å². The third-order valence-electron chi connectivity index (χ3n) is 5.47. The Labute approximate surface area is 218 Å². The van der Waals surface area contributed by atoms with Crippen LogP contribution in [-0.2, 0) is 36.8 Å². The Morgan fingerprint density at radius 2 is 1.32 bits per heavy atom. The molecular weight excluding hydrogens is 500 g/mol. The Morgan fingerprint density at radius 3 is 1.76 bits per heavy atom. The molecular formula is C22H34N10O6. The van der Waals surface area contributed by atoms with Gasteiger partial charge >= 0.3 is 5.97 Å². The molecule has 0 radical (unpaired) electrons. The van der Waals surface area contributed by atoms with E-state index < -0.39 is 47.7 Å². The van der Waals surface area contributed by atoms with Crippen molar-refractivity contribution in [3.63, 3.8) is 0 Å². The zero-order valence-electron chi connectivity index (χ0n) is 20.7. The van der Waals surface area contributed by atoms with Gasteiger partial charge in [-0.15, -0.1) is 0 Å². The minimum atomic E-state index is -1.24. The van der Waals surface area contributed by atoms with Crippen LogP contribution < -0.4 is 32.7 Å². The standard InChI is InChI=1S/C22H34N10O6/c23-7-18(33)30-16(5-13-9-25-11-28-13)20(35)27-4-2-1-3-15(22(37)38)32-21(36)17(31-19(34)8-24)6-14-10-26-12-29-14/h9-12,15-17H,1-8,23-24H2,(H,25,28)(H,26,29)(H,27,35)(H,30,33)(H,31,34)(H,32,36)(H,37,38)/t15-,16-,17-/m0/s1. The molecule has 0 aromatic carbocycles. The number of nitrogens with zero attached hydrogens (tertiary/aromatic N) is 2. The number of nitrogens with one attached hydrogen (secondary N) is 6. The van der Waals surface area contributed by atoms with Crippen molar-refractivity contribution in [1.29, 1.82) is 0 Å². The van der Waals surface area contributed by atoms with Crippen LogP contribution in [0.4, 0.5) is 0 Å². The fraction of sp³-hybridized carbons (Fsp3) is 0.500. The smallest absolute Gasteiger partial charge is 0.326 e. The normalized spacial score (nSPS) is 13.1. The van der Waals surface area contributed by atoms with Crippen LogP contribution in [0.2, 0.25) is 0 Å². The second-order valence-corrected chi connectivity index (χ2v) is 8.40. The SMILES string of the molecule is NCC(=O)N[C@@H](Cc1cnc[nH]1)C(=O)NCCCC[C@H](NC(=O)[C@H](Cc1cnc[nH]1)NC(=O)CN)C(=O)O. The van der Waals surface area contributed by atoms with Crippen LogP contribution in [0.1, 0.15) is 30.7 Å². The molecule has 0 spiro atoms. The van der Waals surface area contributed by atoms with Crippen LogP contribution >= 0.6 is 0 Å². The number of carbonyl (C=O) groups is 5. The Morgan fingerprint density at radius 1 is 0.789 bits per heavy atom. The summed E-state index contributed by atoms with van der Waals surface area (Å²) in [5.74, 6) is -3.41. The van der Waals surface area contributed by atoms with Gasteiger partial charge in [0.15, 0.2) is 0 Å². The monoisotopic (exact) mass is 534 g/mol. The van der Waals surface area contributed by atoms with Gasteiger partial charge in [0, 0.05) is 43.2 Å². The maximum Gasteiger partial charge on any atom is 0.326 e. The number of hydrogen-bond acceptors (Lipinski definition) is 9. The van der Waals surface area contributed by atoms with Gasteiger partial charge in [-0.05, 0) is 19.3 Å². The van der Waals surface area contributed by atoms with Crippen LogP contribution in [-0.4, -0.2) is 92.4 Å². The van der Waals surface area contributed by atoms with Crippen molar-refractivity contribution < 1.29 is 29.1 Å². The molecule has 2 aromatic rings. The first-order valence-corrected chi connectivity index (χ1v) is 12.0. The van der Waals surface area contributed by atoms with Gasteiger partial charge in [0.25, 0.3) is 0 Å². The Bertz CT molecular complexity index is 1040. The Hall–Kier alpha value is -4.31. The first kappa shape index (κ1) is 29.9. The summed E-state index contributed by atoms with van der Waals surface area (Å²) in [4.78, 5) is 74.0. The number of unbranched alkanes of at least 4 members (excludes halogenated alkanes) is 1. The first-order chi connectivity index (χ1) is 18.2. The number of carbonyl (C=O) groups excluding carboxylic acids is 4. The summed E-state index contributed by atoms with van der Waals surface area (Å²) in [6.45, 7) is -0.390. The van der Waals surface area contributed by atoms with E-state index in [1.165, 1.54) is 25.0 Å². The van der Waals surface area contributed by atoms with E-state index in [4.69, 9.17) is 11.5 Å². The average molecular weight is 535 g/mol. The molecule has 11 N–H and O–H groups in total. The minimum absolute atomic E-state index is 0.0658. The van der Waals surface area contributed by atoms with E-state index in [1.54, 1.807) is 0 Å². The van der Waals surface area contributed by atoms with Gasteiger partial charge in [-0.3, -0.25) is 19.2 Å². The molecule has 0 fully saturated rings. The number of aromatic nitrogens is 4. The van der Waals surface area contributed by atoms with E-state index in [9.17, 15) is 29.1 Å². The summed E-state index contributed by atoms with van der Waals surface area (Å²) in [5.41, 5.74) is 11.9. The molecule has 0 saturated heterocycles. The number of rotatable bonds is 17. The Balaban J connectivity index is 1.84. The summed E-state index contributed by atoms with van der Waals surface area (Å²) in [5, 5.41) is 19.7. The highest BCUT2D eigenvalue weighted by Crippen LogP contribution is 2.05. The van der Waals surface area contributed by atoms with E-state index in [2.05, 4.69) is 41.2 Å². The second-order valence-electron chi connectivity index (χ2n) is 8.40. The van der Waals surface area contributed by atoms with E-state index in [-0.39, 0.29) is 38.9 Å². The molecule has 3 atom stereocenters. The maximum absolute atomic E-state index is 12.8. The van der Waals surface area contributed by atoms with Gasteiger partial charge in [-0.2, -0.15) is 0 Å². The quantitative estimate of drug-likeness (QED) is 0.0911. The topological polar surface area (TPSA) is 263 Å². The zero-order valence-corrected chi connectivity index (χ0v) is 20.7. The molecule has 208 valence electrons. The van der Waals surface area contributed by atoms with Crippen molar-refractivity contribution >= 4 is 29.6 Å². The summed E-state index contributed by atoms with van der Waals surface area (Å²) < 4.78 is 0. The van der Waals surface area contributed by atoms with E-state index in [1.807, 2.05) is 0 Å². The molecule has 2 aromatic heterocycles. The van der Waals surface area contributed by atoms with Crippen molar-refractivity contribution in [1.82, 2.24) is 41.2 Å². The van der Waals surface area contributed by atoms with Crippen LogP contribution in [0.5, 0.6) is 0 Å². The number of H-pyrrole nitrogens is 2. The minimum Gasteiger partial charge on any atom is -0.480 e. The van der Waals surface area contributed by atoms with Gasteiger partial charge in [0.2, 0.25) is 23.6 Å². The largest absolute Gasteiger partial charge is 0.480 e. The molecule has 2 rings (SSSR count). The lowest BCUT2D eigenvalue weighted by Crippen LogP contribution is -2.53. The Kier molecular flexibility index (Phi) is 12.4.